The first-order chi connectivity index (χ1) is 14.1. The molecule has 2 heterocycles. The lowest BCUT2D eigenvalue weighted by Gasteiger charge is -2.31. The Morgan fingerprint density at radius 3 is 2.86 bits per heavy atom. The smallest absolute Gasteiger partial charge is 0.340 e. The molecule has 2 aromatic carbocycles. The Labute approximate surface area is 170 Å². The van der Waals surface area contributed by atoms with E-state index < -0.39 is 0 Å². The number of carbonyl (C=O) groups excluding carboxylic acids is 1. The summed E-state index contributed by atoms with van der Waals surface area (Å²) in [7, 11) is 1.77. The standard InChI is InChI=1S/C22H25FN4O2/c1-3-24-11-12-26(2)22(28)27-21(15-7-5-4-6-8-15)18-14-29-19-10-9-16(23)13-17(19)20(18)25-27/h4-10,13,18,21,24H,3,11-12,14H2,1-2H3. The quantitative estimate of drug-likeness (QED) is 0.790. The van der Waals surface area contributed by atoms with Crippen LogP contribution in [0.15, 0.2) is 53.6 Å². The maximum Gasteiger partial charge on any atom is 0.340 e. The van der Waals surface area contributed by atoms with Crippen LogP contribution in [-0.2, 0) is 0 Å². The molecule has 6 nitrogen and oxygen atoms in total. The maximum atomic E-state index is 13.9. The molecule has 7 heteroatoms. The van der Waals surface area contributed by atoms with Crippen LogP contribution in [0.4, 0.5) is 9.18 Å². The van der Waals surface area contributed by atoms with Gasteiger partial charge in [-0.3, -0.25) is 0 Å². The molecule has 2 aromatic rings. The molecule has 2 aliphatic heterocycles. The third-order valence-electron chi connectivity index (χ3n) is 5.38. The molecule has 152 valence electrons. The van der Waals surface area contributed by atoms with Gasteiger partial charge in [-0.05, 0) is 30.3 Å². The first-order valence-electron chi connectivity index (χ1n) is 9.91. The van der Waals surface area contributed by atoms with Gasteiger partial charge in [-0.1, -0.05) is 37.3 Å². The fourth-order valence-corrected chi connectivity index (χ4v) is 3.88. The van der Waals surface area contributed by atoms with Gasteiger partial charge in [0, 0.05) is 25.7 Å². The summed E-state index contributed by atoms with van der Waals surface area (Å²) in [5.74, 6) is 0.0975. The van der Waals surface area contributed by atoms with E-state index in [0.717, 1.165) is 12.1 Å². The first kappa shape index (κ1) is 19.4. The lowest BCUT2D eigenvalue weighted by Crippen LogP contribution is -2.43. The number of hydrazone groups is 1. The zero-order chi connectivity index (χ0) is 20.4. The van der Waals surface area contributed by atoms with Crippen molar-refractivity contribution in [2.75, 3.05) is 33.3 Å². The number of amides is 2. The zero-order valence-electron chi connectivity index (χ0n) is 16.6. The molecule has 2 unspecified atom stereocenters. The van der Waals surface area contributed by atoms with E-state index in [-0.39, 0.29) is 23.8 Å². The largest absolute Gasteiger partial charge is 0.492 e. The van der Waals surface area contributed by atoms with Gasteiger partial charge in [-0.2, -0.15) is 5.10 Å². The number of halogens is 1. The first-order valence-corrected chi connectivity index (χ1v) is 9.91. The molecule has 2 amide bonds. The number of benzene rings is 2. The van der Waals surface area contributed by atoms with Crippen molar-refractivity contribution in [1.82, 2.24) is 15.2 Å². The Morgan fingerprint density at radius 1 is 1.31 bits per heavy atom. The number of nitrogens with zero attached hydrogens (tertiary/aromatic N) is 3. The number of ether oxygens (including phenoxy) is 1. The summed E-state index contributed by atoms with van der Waals surface area (Å²) in [4.78, 5) is 14.9. The number of hydrogen-bond donors (Lipinski definition) is 1. The van der Waals surface area contributed by atoms with Gasteiger partial charge in [-0.15, -0.1) is 0 Å². The summed E-state index contributed by atoms with van der Waals surface area (Å²) in [6.07, 6.45) is 0. The van der Waals surface area contributed by atoms with E-state index >= 15 is 0 Å². The monoisotopic (exact) mass is 396 g/mol. The van der Waals surface area contributed by atoms with Gasteiger partial charge in [0.25, 0.3) is 0 Å². The number of likely N-dealkylation sites (N-methyl/N-ethyl adjacent to an activating group) is 2. The molecular weight excluding hydrogens is 371 g/mol. The number of fused-ring (bicyclic) bond motifs is 3. The summed E-state index contributed by atoms with van der Waals surface area (Å²) < 4.78 is 19.8. The molecule has 0 saturated heterocycles. The molecule has 0 fully saturated rings. The van der Waals surface area contributed by atoms with Crippen LogP contribution in [0.25, 0.3) is 0 Å². The van der Waals surface area contributed by atoms with Gasteiger partial charge in [0.1, 0.15) is 11.6 Å². The van der Waals surface area contributed by atoms with Gasteiger partial charge < -0.3 is 15.0 Å². The summed E-state index contributed by atoms with van der Waals surface area (Å²) in [6.45, 7) is 4.55. The van der Waals surface area contributed by atoms with E-state index in [0.29, 0.717) is 36.7 Å². The molecule has 29 heavy (non-hydrogen) atoms. The van der Waals surface area contributed by atoms with Crippen molar-refractivity contribution in [2.24, 2.45) is 11.0 Å². The summed E-state index contributed by atoms with van der Waals surface area (Å²) in [5.41, 5.74) is 2.30. The fourth-order valence-electron chi connectivity index (χ4n) is 3.88. The predicted octanol–water partition coefficient (Wildman–Crippen LogP) is 3.26. The highest BCUT2D eigenvalue weighted by molar-refractivity contribution is 6.07. The van der Waals surface area contributed by atoms with E-state index in [2.05, 4.69) is 5.32 Å². The van der Waals surface area contributed by atoms with Crippen LogP contribution in [-0.4, -0.2) is 54.9 Å². The molecule has 0 bridgehead atoms. The van der Waals surface area contributed by atoms with Crippen molar-refractivity contribution < 1.29 is 13.9 Å². The molecular formula is C22H25FN4O2. The average molecular weight is 396 g/mol. The Bertz CT molecular complexity index is 918. The topological polar surface area (TPSA) is 57.2 Å². The van der Waals surface area contributed by atoms with Gasteiger partial charge in [-0.25, -0.2) is 14.2 Å². The summed E-state index contributed by atoms with van der Waals surface area (Å²) >= 11 is 0. The lowest BCUT2D eigenvalue weighted by molar-refractivity contribution is 0.133. The van der Waals surface area contributed by atoms with Gasteiger partial charge in [0.05, 0.1) is 24.3 Å². The van der Waals surface area contributed by atoms with E-state index in [1.54, 1.807) is 18.0 Å². The van der Waals surface area contributed by atoms with Crippen LogP contribution >= 0.6 is 0 Å². The average Bonchev–Trinajstić information content (AvgIpc) is 3.14. The van der Waals surface area contributed by atoms with Crippen molar-refractivity contribution in [2.45, 2.75) is 13.0 Å². The molecule has 0 saturated carbocycles. The minimum absolute atomic E-state index is 0.155. The normalized spacial score (nSPS) is 19.8. The zero-order valence-corrected chi connectivity index (χ0v) is 16.6. The van der Waals surface area contributed by atoms with Crippen molar-refractivity contribution in [3.8, 4) is 5.75 Å². The van der Waals surface area contributed by atoms with Crippen LogP contribution in [0.3, 0.4) is 0 Å². The number of rotatable bonds is 5. The van der Waals surface area contributed by atoms with Crippen molar-refractivity contribution >= 4 is 11.7 Å². The Balaban J connectivity index is 1.70. The second-order valence-corrected chi connectivity index (χ2v) is 7.30. The third kappa shape index (κ3) is 3.70. The van der Waals surface area contributed by atoms with E-state index in [1.165, 1.54) is 17.1 Å². The molecule has 1 N–H and O–H groups in total. The van der Waals surface area contributed by atoms with Crippen LogP contribution in [0.2, 0.25) is 0 Å². The third-order valence-corrected chi connectivity index (χ3v) is 5.38. The Hall–Kier alpha value is -2.93. The minimum Gasteiger partial charge on any atom is -0.492 e. The van der Waals surface area contributed by atoms with Gasteiger partial charge >= 0.3 is 6.03 Å². The van der Waals surface area contributed by atoms with Crippen molar-refractivity contribution in [3.63, 3.8) is 0 Å². The maximum absolute atomic E-state index is 13.9. The second kappa shape index (κ2) is 8.21. The lowest BCUT2D eigenvalue weighted by atomic mass is 9.86. The van der Waals surface area contributed by atoms with E-state index in [1.807, 2.05) is 37.3 Å². The highest BCUT2D eigenvalue weighted by atomic mass is 19.1. The van der Waals surface area contributed by atoms with E-state index in [9.17, 15) is 9.18 Å². The molecule has 0 aliphatic carbocycles. The predicted molar refractivity (Wildman–Crippen MR) is 110 cm³/mol. The molecule has 2 aliphatic rings. The minimum atomic E-state index is -0.348. The number of carbonyl (C=O) groups is 1. The van der Waals surface area contributed by atoms with Crippen LogP contribution in [0, 0.1) is 11.7 Å². The van der Waals surface area contributed by atoms with Gasteiger partial charge in [0.2, 0.25) is 0 Å². The molecule has 0 spiro atoms. The highest BCUT2D eigenvalue weighted by Crippen LogP contribution is 2.42. The number of nitrogens with one attached hydrogen (secondary N) is 1. The second-order valence-electron chi connectivity index (χ2n) is 7.30. The SMILES string of the molecule is CCNCCN(C)C(=O)N1N=C2c3cc(F)ccc3OCC2C1c1ccccc1. The number of hydrogen-bond acceptors (Lipinski definition) is 4. The van der Waals surface area contributed by atoms with E-state index in [4.69, 9.17) is 9.84 Å². The number of urea groups is 1. The van der Waals surface area contributed by atoms with Crippen molar-refractivity contribution in [3.05, 3.63) is 65.5 Å². The summed E-state index contributed by atoms with van der Waals surface area (Å²) in [6, 6.07) is 13.8. The molecule has 4 rings (SSSR count). The molecule has 0 radical (unpaired) electrons. The van der Waals surface area contributed by atoms with Crippen LogP contribution < -0.4 is 10.1 Å². The summed E-state index contributed by atoms with van der Waals surface area (Å²) in [5, 5.41) is 9.45. The Kier molecular flexibility index (Phi) is 5.49. The van der Waals surface area contributed by atoms with Crippen LogP contribution in [0.5, 0.6) is 5.75 Å². The Morgan fingerprint density at radius 2 is 2.10 bits per heavy atom. The van der Waals surface area contributed by atoms with Crippen molar-refractivity contribution in [1.29, 1.82) is 0 Å². The van der Waals surface area contributed by atoms with Gasteiger partial charge in [0.15, 0.2) is 0 Å². The molecule has 2 atom stereocenters. The van der Waals surface area contributed by atoms with Crippen LogP contribution in [0.1, 0.15) is 24.1 Å². The fraction of sp³-hybridized carbons (Fsp3) is 0.364. The highest BCUT2D eigenvalue weighted by Gasteiger charge is 2.45. The molecule has 0 aromatic heterocycles.